The molecule has 186 valence electrons. The Bertz CT molecular complexity index is 1380. The second-order valence-electron chi connectivity index (χ2n) is 8.40. The number of Topliss-reactive ketones (excluding diaryl/α,β-unsaturated/α-hetero) is 1. The molecule has 1 saturated heterocycles. The van der Waals surface area contributed by atoms with Crippen LogP contribution in [0.1, 0.15) is 33.9 Å². The first-order valence-electron chi connectivity index (χ1n) is 10.8. The molecule has 4 rings (SSSR count). The SMILES string of the molecule is COc1cc(C)c(/C(O)=C2\C(=O)C(=O)N(c3ccc(C(F)(F)F)cc3)C2c2ccc(F)cc2)cc1C. The Balaban J connectivity index is 1.93. The molecule has 0 aliphatic carbocycles. The number of ether oxygens (including phenoxy) is 1. The van der Waals surface area contributed by atoms with E-state index in [0.29, 0.717) is 22.4 Å². The normalized spacial score (nSPS) is 17.5. The lowest BCUT2D eigenvalue weighted by Crippen LogP contribution is -2.29. The molecule has 36 heavy (non-hydrogen) atoms. The molecule has 1 fully saturated rings. The maximum atomic E-state index is 13.7. The molecule has 3 aromatic carbocycles. The Morgan fingerprint density at radius 3 is 2.11 bits per heavy atom. The van der Waals surface area contributed by atoms with Gasteiger partial charge in [-0.3, -0.25) is 14.5 Å². The van der Waals surface area contributed by atoms with Gasteiger partial charge < -0.3 is 9.84 Å². The molecule has 1 aliphatic rings. The zero-order valence-electron chi connectivity index (χ0n) is 19.5. The minimum atomic E-state index is -4.59. The van der Waals surface area contributed by atoms with E-state index in [1.165, 1.54) is 19.2 Å². The molecule has 1 amide bonds. The van der Waals surface area contributed by atoms with E-state index in [1.807, 2.05) is 0 Å². The van der Waals surface area contributed by atoms with E-state index in [1.54, 1.807) is 26.0 Å². The maximum Gasteiger partial charge on any atom is 0.416 e. The number of benzene rings is 3. The molecule has 0 bridgehead atoms. The van der Waals surface area contributed by atoms with Crippen LogP contribution < -0.4 is 9.64 Å². The van der Waals surface area contributed by atoms with Crippen LogP contribution in [0.3, 0.4) is 0 Å². The molecule has 1 heterocycles. The van der Waals surface area contributed by atoms with E-state index < -0.39 is 41.0 Å². The maximum absolute atomic E-state index is 13.7. The van der Waals surface area contributed by atoms with E-state index in [-0.39, 0.29) is 16.8 Å². The summed E-state index contributed by atoms with van der Waals surface area (Å²) in [6.45, 7) is 3.43. The van der Waals surface area contributed by atoms with Gasteiger partial charge in [-0.05, 0) is 79.1 Å². The number of rotatable bonds is 4. The fourth-order valence-corrected chi connectivity index (χ4v) is 4.28. The number of amides is 1. The van der Waals surface area contributed by atoms with E-state index in [4.69, 9.17) is 4.74 Å². The topological polar surface area (TPSA) is 66.8 Å². The number of ketones is 1. The molecule has 3 aromatic rings. The molecule has 1 aliphatic heterocycles. The van der Waals surface area contributed by atoms with Gasteiger partial charge in [-0.15, -0.1) is 0 Å². The summed E-state index contributed by atoms with van der Waals surface area (Å²) >= 11 is 0. The zero-order valence-corrected chi connectivity index (χ0v) is 19.5. The number of nitrogens with zero attached hydrogens (tertiary/aromatic N) is 1. The summed E-state index contributed by atoms with van der Waals surface area (Å²) in [6, 6.07) is 10.8. The number of carbonyl (C=O) groups is 2. The van der Waals surface area contributed by atoms with E-state index >= 15 is 0 Å². The molecular formula is C27H21F4NO4. The average Bonchev–Trinajstić information content (AvgIpc) is 3.10. The molecule has 5 nitrogen and oxygen atoms in total. The lowest BCUT2D eigenvalue weighted by Gasteiger charge is -2.26. The Hall–Kier alpha value is -4.14. The van der Waals surface area contributed by atoms with Crippen molar-refractivity contribution in [2.75, 3.05) is 12.0 Å². The summed E-state index contributed by atoms with van der Waals surface area (Å²) < 4.78 is 58.2. The van der Waals surface area contributed by atoms with Crippen molar-refractivity contribution < 1.29 is 37.0 Å². The number of aliphatic hydroxyl groups is 1. The second-order valence-corrected chi connectivity index (χ2v) is 8.40. The summed E-state index contributed by atoms with van der Waals surface area (Å²) in [5.74, 6) is -2.51. The highest BCUT2D eigenvalue weighted by Crippen LogP contribution is 2.43. The van der Waals surface area contributed by atoms with Gasteiger partial charge in [0.05, 0.1) is 24.3 Å². The van der Waals surface area contributed by atoms with Crippen molar-refractivity contribution in [1.29, 1.82) is 0 Å². The van der Waals surface area contributed by atoms with Gasteiger partial charge in [-0.1, -0.05) is 12.1 Å². The van der Waals surface area contributed by atoms with Crippen molar-refractivity contribution in [3.8, 4) is 5.75 Å². The summed E-state index contributed by atoms with van der Waals surface area (Å²) in [7, 11) is 1.49. The van der Waals surface area contributed by atoms with Gasteiger partial charge in [-0.2, -0.15) is 13.2 Å². The Labute approximate surface area is 204 Å². The number of alkyl halides is 3. The van der Waals surface area contributed by atoms with Crippen LogP contribution in [0.15, 0.2) is 66.2 Å². The molecule has 1 atom stereocenters. The summed E-state index contributed by atoms with van der Waals surface area (Å²) in [4.78, 5) is 27.4. The van der Waals surface area contributed by atoms with Crippen molar-refractivity contribution in [3.05, 3.63) is 99.9 Å². The minimum Gasteiger partial charge on any atom is -0.507 e. The molecule has 1 N–H and O–H groups in total. The quantitative estimate of drug-likeness (QED) is 0.204. The lowest BCUT2D eigenvalue weighted by atomic mass is 9.93. The third-order valence-electron chi connectivity index (χ3n) is 6.10. The molecular weight excluding hydrogens is 478 g/mol. The van der Waals surface area contributed by atoms with Crippen LogP contribution in [-0.2, 0) is 15.8 Å². The van der Waals surface area contributed by atoms with Crippen LogP contribution in [0, 0.1) is 19.7 Å². The number of aliphatic hydroxyl groups excluding tert-OH is 1. The van der Waals surface area contributed by atoms with E-state index in [9.17, 15) is 32.3 Å². The molecule has 0 aromatic heterocycles. The van der Waals surface area contributed by atoms with E-state index in [0.717, 1.165) is 41.3 Å². The highest BCUT2D eigenvalue weighted by atomic mass is 19.4. The number of halogens is 4. The molecule has 0 spiro atoms. The monoisotopic (exact) mass is 499 g/mol. The first kappa shape index (κ1) is 25.0. The third-order valence-corrected chi connectivity index (χ3v) is 6.10. The predicted molar refractivity (Wildman–Crippen MR) is 125 cm³/mol. The largest absolute Gasteiger partial charge is 0.507 e. The van der Waals surface area contributed by atoms with Gasteiger partial charge in [0.1, 0.15) is 17.3 Å². The van der Waals surface area contributed by atoms with Crippen LogP contribution in [0.2, 0.25) is 0 Å². The molecule has 9 heteroatoms. The third kappa shape index (κ3) is 4.32. The lowest BCUT2D eigenvalue weighted by molar-refractivity contribution is -0.137. The molecule has 1 unspecified atom stereocenters. The number of aryl methyl sites for hydroxylation is 2. The number of methoxy groups -OCH3 is 1. The van der Waals surface area contributed by atoms with Gasteiger partial charge in [0.15, 0.2) is 0 Å². The highest BCUT2D eigenvalue weighted by Gasteiger charge is 2.47. The smallest absolute Gasteiger partial charge is 0.416 e. The van der Waals surface area contributed by atoms with Crippen LogP contribution in [0.25, 0.3) is 5.76 Å². The zero-order chi connectivity index (χ0) is 26.4. The van der Waals surface area contributed by atoms with Gasteiger partial charge >= 0.3 is 6.18 Å². The summed E-state index contributed by atoms with van der Waals surface area (Å²) in [6.07, 6.45) is -4.59. The van der Waals surface area contributed by atoms with Gasteiger partial charge in [-0.25, -0.2) is 4.39 Å². The second kappa shape index (κ2) is 9.14. The Morgan fingerprint density at radius 1 is 0.944 bits per heavy atom. The number of hydrogen-bond acceptors (Lipinski definition) is 4. The van der Waals surface area contributed by atoms with Crippen molar-refractivity contribution in [2.24, 2.45) is 0 Å². The van der Waals surface area contributed by atoms with Crippen LogP contribution in [0.5, 0.6) is 5.75 Å². The first-order chi connectivity index (χ1) is 16.9. The van der Waals surface area contributed by atoms with Gasteiger partial charge in [0.2, 0.25) is 0 Å². The predicted octanol–water partition coefficient (Wildman–Crippen LogP) is 6.10. The molecule has 0 radical (unpaired) electrons. The molecule has 0 saturated carbocycles. The minimum absolute atomic E-state index is 0.0149. The highest BCUT2D eigenvalue weighted by molar-refractivity contribution is 6.51. The first-order valence-corrected chi connectivity index (χ1v) is 10.8. The average molecular weight is 499 g/mol. The van der Waals surface area contributed by atoms with Crippen LogP contribution in [-0.4, -0.2) is 23.9 Å². The van der Waals surface area contributed by atoms with Gasteiger partial charge in [0, 0.05) is 11.3 Å². The standard InChI is InChI=1S/C27H21F4NO4/c1-14-13-21(36-3)15(2)12-20(14)24(33)22-23(16-4-8-18(28)9-5-16)32(26(35)25(22)34)19-10-6-17(7-11-19)27(29,30)31/h4-13,23,33H,1-3H3/b24-22+. The summed E-state index contributed by atoms with van der Waals surface area (Å²) in [5.41, 5.74) is 0.630. The van der Waals surface area contributed by atoms with Crippen molar-refractivity contribution in [2.45, 2.75) is 26.1 Å². The van der Waals surface area contributed by atoms with Gasteiger partial charge in [0.25, 0.3) is 11.7 Å². The Kier molecular flexibility index (Phi) is 6.34. The fraction of sp³-hybridized carbons (Fsp3) is 0.185. The van der Waals surface area contributed by atoms with Crippen molar-refractivity contribution in [1.82, 2.24) is 0 Å². The van der Waals surface area contributed by atoms with Crippen molar-refractivity contribution >= 4 is 23.1 Å². The fourth-order valence-electron chi connectivity index (χ4n) is 4.28. The number of hydrogen-bond donors (Lipinski definition) is 1. The Morgan fingerprint density at radius 2 is 1.56 bits per heavy atom. The number of carbonyl (C=O) groups excluding carboxylic acids is 2. The van der Waals surface area contributed by atoms with Crippen LogP contribution in [0.4, 0.5) is 23.2 Å². The van der Waals surface area contributed by atoms with E-state index in [2.05, 4.69) is 0 Å². The number of anilines is 1. The van der Waals surface area contributed by atoms with Crippen LogP contribution >= 0.6 is 0 Å². The van der Waals surface area contributed by atoms with Crippen molar-refractivity contribution in [3.63, 3.8) is 0 Å². The summed E-state index contributed by atoms with van der Waals surface area (Å²) in [5, 5.41) is 11.3.